The predicted molar refractivity (Wildman–Crippen MR) is 82.8 cm³/mol. The third kappa shape index (κ3) is 2.32. The lowest BCUT2D eigenvalue weighted by molar-refractivity contribution is 0.0731. The topological polar surface area (TPSA) is 46.3 Å². The molecule has 4 heteroatoms. The van der Waals surface area contributed by atoms with Gasteiger partial charge in [-0.25, -0.2) is 0 Å². The number of amides is 1. The maximum atomic E-state index is 12.7. The SMILES string of the molecule is C[C@H]1[C@@H](c2ccccc2)CCN1C(=O)c1cc(C2CC2)on1. The number of benzene rings is 1. The molecule has 1 saturated carbocycles. The van der Waals surface area contributed by atoms with Gasteiger partial charge in [0, 0.05) is 30.5 Å². The summed E-state index contributed by atoms with van der Waals surface area (Å²) in [5, 5.41) is 3.99. The summed E-state index contributed by atoms with van der Waals surface area (Å²) in [5.41, 5.74) is 1.77. The molecule has 1 aliphatic heterocycles. The van der Waals surface area contributed by atoms with Crippen LogP contribution in [-0.2, 0) is 0 Å². The Bertz CT molecular complexity index is 675. The fourth-order valence-electron chi connectivity index (χ4n) is 3.47. The highest BCUT2D eigenvalue weighted by Gasteiger charge is 2.37. The number of likely N-dealkylation sites (tertiary alicyclic amines) is 1. The van der Waals surface area contributed by atoms with E-state index in [9.17, 15) is 4.79 Å². The molecular formula is C18H20N2O2. The van der Waals surface area contributed by atoms with Crippen LogP contribution in [0.15, 0.2) is 40.9 Å². The minimum Gasteiger partial charge on any atom is -0.360 e. The highest BCUT2D eigenvalue weighted by atomic mass is 16.5. The molecule has 1 amide bonds. The molecule has 2 heterocycles. The zero-order valence-corrected chi connectivity index (χ0v) is 12.7. The van der Waals surface area contributed by atoms with Crippen molar-refractivity contribution in [1.29, 1.82) is 0 Å². The van der Waals surface area contributed by atoms with Crippen molar-refractivity contribution in [1.82, 2.24) is 10.1 Å². The van der Waals surface area contributed by atoms with Crippen LogP contribution in [0.4, 0.5) is 0 Å². The van der Waals surface area contributed by atoms with Crippen molar-refractivity contribution in [2.24, 2.45) is 0 Å². The van der Waals surface area contributed by atoms with Gasteiger partial charge in [-0.2, -0.15) is 0 Å². The lowest BCUT2D eigenvalue weighted by atomic mass is 9.93. The fraction of sp³-hybridized carbons (Fsp3) is 0.444. The van der Waals surface area contributed by atoms with Crippen LogP contribution in [-0.4, -0.2) is 28.6 Å². The molecule has 2 aromatic rings. The molecule has 2 fully saturated rings. The Hall–Kier alpha value is -2.10. The molecule has 4 nitrogen and oxygen atoms in total. The van der Waals surface area contributed by atoms with E-state index in [1.54, 1.807) is 0 Å². The molecule has 1 saturated heterocycles. The average molecular weight is 296 g/mol. The molecule has 0 radical (unpaired) electrons. The molecular weight excluding hydrogens is 276 g/mol. The highest BCUT2D eigenvalue weighted by Crippen LogP contribution is 2.40. The Morgan fingerprint density at radius 3 is 2.73 bits per heavy atom. The Morgan fingerprint density at radius 2 is 2.00 bits per heavy atom. The van der Waals surface area contributed by atoms with Crippen molar-refractivity contribution in [3.05, 3.63) is 53.4 Å². The maximum absolute atomic E-state index is 12.7. The molecule has 0 spiro atoms. The summed E-state index contributed by atoms with van der Waals surface area (Å²) < 4.78 is 5.32. The van der Waals surface area contributed by atoms with Gasteiger partial charge in [0.05, 0.1) is 0 Å². The quantitative estimate of drug-likeness (QED) is 0.870. The zero-order valence-electron chi connectivity index (χ0n) is 12.7. The Morgan fingerprint density at radius 1 is 1.23 bits per heavy atom. The molecule has 2 aliphatic rings. The number of carbonyl (C=O) groups excluding carboxylic acids is 1. The summed E-state index contributed by atoms with van der Waals surface area (Å²) in [7, 11) is 0. The van der Waals surface area contributed by atoms with Crippen LogP contribution in [0.1, 0.15) is 59.8 Å². The lowest BCUT2D eigenvalue weighted by Gasteiger charge is -2.24. The minimum atomic E-state index is 0.00146. The van der Waals surface area contributed by atoms with Crippen LogP contribution in [0.2, 0.25) is 0 Å². The van der Waals surface area contributed by atoms with Crippen molar-refractivity contribution in [3.8, 4) is 0 Å². The fourth-order valence-corrected chi connectivity index (χ4v) is 3.47. The number of carbonyl (C=O) groups is 1. The van der Waals surface area contributed by atoms with Crippen LogP contribution in [0.3, 0.4) is 0 Å². The predicted octanol–water partition coefficient (Wildman–Crippen LogP) is 3.57. The smallest absolute Gasteiger partial charge is 0.276 e. The van der Waals surface area contributed by atoms with Crippen LogP contribution < -0.4 is 0 Å². The maximum Gasteiger partial charge on any atom is 0.276 e. The number of nitrogens with zero attached hydrogens (tertiary/aromatic N) is 2. The second-order valence-corrected chi connectivity index (χ2v) is 6.43. The highest BCUT2D eigenvalue weighted by molar-refractivity contribution is 5.92. The van der Waals surface area contributed by atoms with E-state index in [1.165, 1.54) is 5.56 Å². The first-order valence-corrected chi connectivity index (χ1v) is 8.06. The zero-order chi connectivity index (χ0) is 15.1. The van der Waals surface area contributed by atoms with E-state index < -0.39 is 0 Å². The standard InChI is InChI=1S/C18H20N2O2/c1-12-15(13-5-3-2-4-6-13)9-10-20(12)18(21)16-11-17(22-19-16)14-7-8-14/h2-6,11-12,14-15H,7-10H2,1H3/t12-,15-/m0/s1. The number of rotatable bonds is 3. The lowest BCUT2D eigenvalue weighted by Crippen LogP contribution is -2.35. The Kier molecular flexibility index (Phi) is 3.25. The third-order valence-corrected chi connectivity index (χ3v) is 4.97. The summed E-state index contributed by atoms with van der Waals surface area (Å²) in [6, 6.07) is 12.5. The van der Waals surface area contributed by atoms with Crippen molar-refractivity contribution in [2.75, 3.05) is 6.54 Å². The second kappa shape index (κ2) is 5.27. The number of aromatic nitrogens is 1. The van der Waals surface area contributed by atoms with Gasteiger partial charge in [0.15, 0.2) is 5.69 Å². The van der Waals surface area contributed by atoms with E-state index in [0.29, 0.717) is 17.5 Å². The van der Waals surface area contributed by atoms with Gasteiger partial charge in [-0.15, -0.1) is 0 Å². The van der Waals surface area contributed by atoms with Gasteiger partial charge in [0.25, 0.3) is 5.91 Å². The van der Waals surface area contributed by atoms with Crippen molar-refractivity contribution < 1.29 is 9.32 Å². The van der Waals surface area contributed by atoms with Gasteiger partial charge in [-0.3, -0.25) is 4.79 Å². The van der Waals surface area contributed by atoms with Crippen molar-refractivity contribution in [3.63, 3.8) is 0 Å². The van der Waals surface area contributed by atoms with E-state index in [-0.39, 0.29) is 11.9 Å². The van der Waals surface area contributed by atoms with Crippen LogP contribution in [0.5, 0.6) is 0 Å². The number of hydrogen-bond donors (Lipinski definition) is 0. The molecule has 0 bridgehead atoms. The van der Waals surface area contributed by atoms with Gasteiger partial charge in [-0.05, 0) is 31.7 Å². The summed E-state index contributed by atoms with van der Waals surface area (Å²) in [5.74, 6) is 1.76. The Balaban J connectivity index is 1.51. The summed E-state index contributed by atoms with van der Waals surface area (Å²) in [6.45, 7) is 2.91. The van der Waals surface area contributed by atoms with E-state index >= 15 is 0 Å². The molecule has 1 aromatic heterocycles. The monoisotopic (exact) mass is 296 g/mol. The summed E-state index contributed by atoms with van der Waals surface area (Å²) >= 11 is 0. The minimum absolute atomic E-state index is 0.00146. The molecule has 22 heavy (non-hydrogen) atoms. The van der Waals surface area contributed by atoms with Crippen LogP contribution in [0.25, 0.3) is 0 Å². The Labute approximate surface area is 130 Å². The molecule has 114 valence electrons. The molecule has 4 rings (SSSR count). The summed E-state index contributed by atoms with van der Waals surface area (Å²) in [4.78, 5) is 14.6. The van der Waals surface area contributed by atoms with Gasteiger partial charge in [-0.1, -0.05) is 35.5 Å². The van der Waals surface area contributed by atoms with Crippen LogP contribution in [0, 0.1) is 0 Å². The molecule has 1 aliphatic carbocycles. The molecule has 0 N–H and O–H groups in total. The van der Waals surface area contributed by atoms with Crippen LogP contribution >= 0.6 is 0 Å². The van der Waals surface area contributed by atoms with Gasteiger partial charge >= 0.3 is 0 Å². The molecule has 2 atom stereocenters. The largest absolute Gasteiger partial charge is 0.360 e. The van der Waals surface area contributed by atoms with E-state index in [2.05, 4.69) is 36.3 Å². The van der Waals surface area contributed by atoms with Gasteiger partial charge in [0.1, 0.15) is 5.76 Å². The first-order valence-electron chi connectivity index (χ1n) is 8.06. The number of hydrogen-bond acceptors (Lipinski definition) is 3. The van der Waals surface area contributed by atoms with Gasteiger partial charge in [0.2, 0.25) is 0 Å². The van der Waals surface area contributed by atoms with Crippen molar-refractivity contribution >= 4 is 5.91 Å². The van der Waals surface area contributed by atoms with Gasteiger partial charge < -0.3 is 9.42 Å². The first-order chi connectivity index (χ1) is 10.7. The summed E-state index contributed by atoms with van der Waals surface area (Å²) in [6.07, 6.45) is 3.31. The van der Waals surface area contributed by atoms with E-state index in [1.807, 2.05) is 17.0 Å². The molecule has 1 aromatic carbocycles. The average Bonchev–Trinajstić information content (AvgIpc) is 3.15. The van der Waals surface area contributed by atoms with E-state index in [4.69, 9.17) is 4.52 Å². The molecule has 0 unspecified atom stereocenters. The normalized spacial score (nSPS) is 24.7. The van der Waals surface area contributed by atoms with E-state index in [0.717, 1.165) is 31.6 Å². The second-order valence-electron chi connectivity index (χ2n) is 6.43. The van der Waals surface area contributed by atoms with Crippen molar-refractivity contribution in [2.45, 2.75) is 44.1 Å². The third-order valence-electron chi connectivity index (χ3n) is 4.97. The first kappa shape index (κ1) is 13.6.